The molecule has 0 aliphatic carbocycles. The summed E-state index contributed by atoms with van der Waals surface area (Å²) in [5.74, 6) is 0. The predicted molar refractivity (Wildman–Crippen MR) is 29.8 cm³/mol. The fraction of sp³-hybridized carbons (Fsp3) is 0.500. The van der Waals surface area contributed by atoms with Gasteiger partial charge >= 0.3 is 6.23 Å². The summed E-state index contributed by atoms with van der Waals surface area (Å²) in [5.41, 5.74) is 0. The molecule has 0 aromatic rings. The van der Waals surface area contributed by atoms with Crippen molar-refractivity contribution in [3.05, 3.63) is 23.8 Å². The third kappa shape index (κ3) is 1.00. The third-order valence-electron chi connectivity index (χ3n) is 1.06. The van der Waals surface area contributed by atoms with Gasteiger partial charge in [-0.1, -0.05) is 0 Å². The standard InChI is InChI=1S/C6H7NO/c1-7-6-4-2-3-5-8-6/h3,5-6H,2,4H2. The van der Waals surface area contributed by atoms with Crippen LogP contribution in [0.25, 0.3) is 4.85 Å². The highest BCUT2D eigenvalue weighted by Crippen LogP contribution is 2.09. The molecule has 0 bridgehead atoms. The zero-order chi connectivity index (χ0) is 5.82. The van der Waals surface area contributed by atoms with Gasteiger partial charge in [0.05, 0.1) is 12.7 Å². The normalized spacial score (nSPS) is 26.1. The van der Waals surface area contributed by atoms with E-state index in [0.29, 0.717) is 0 Å². The highest BCUT2D eigenvalue weighted by molar-refractivity contribution is 4.85. The van der Waals surface area contributed by atoms with Crippen molar-refractivity contribution in [2.24, 2.45) is 0 Å². The van der Waals surface area contributed by atoms with Crippen LogP contribution in [0.2, 0.25) is 0 Å². The van der Waals surface area contributed by atoms with Crippen LogP contribution in [0.15, 0.2) is 12.3 Å². The summed E-state index contributed by atoms with van der Waals surface area (Å²) in [5, 5.41) is 0. The fourth-order valence-corrected chi connectivity index (χ4v) is 0.616. The number of ether oxygens (including phenoxy) is 1. The Kier molecular flexibility index (Phi) is 1.53. The van der Waals surface area contributed by atoms with E-state index in [-0.39, 0.29) is 6.23 Å². The molecule has 1 atom stereocenters. The molecular weight excluding hydrogens is 102 g/mol. The topological polar surface area (TPSA) is 13.6 Å². The van der Waals surface area contributed by atoms with E-state index in [0.717, 1.165) is 12.8 Å². The molecule has 1 rings (SSSR count). The zero-order valence-corrected chi connectivity index (χ0v) is 4.50. The van der Waals surface area contributed by atoms with E-state index in [4.69, 9.17) is 11.3 Å². The van der Waals surface area contributed by atoms with Crippen LogP contribution >= 0.6 is 0 Å². The summed E-state index contributed by atoms with van der Waals surface area (Å²) >= 11 is 0. The van der Waals surface area contributed by atoms with Crippen molar-refractivity contribution >= 4 is 0 Å². The van der Waals surface area contributed by atoms with Gasteiger partial charge in [-0.25, -0.2) is 6.57 Å². The van der Waals surface area contributed by atoms with Crippen molar-refractivity contribution < 1.29 is 4.74 Å². The monoisotopic (exact) mass is 109 g/mol. The lowest BCUT2D eigenvalue weighted by Crippen LogP contribution is -2.05. The highest BCUT2D eigenvalue weighted by atomic mass is 16.5. The number of nitrogens with zero attached hydrogens (tertiary/aromatic N) is 1. The van der Waals surface area contributed by atoms with Crippen LogP contribution in [0.3, 0.4) is 0 Å². The van der Waals surface area contributed by atoms with E-state index >= 15 is 0 Å². The van der Waals surface area contributed by atoms with E-state index in [1.165, 1.54) is 0 Å². The summed E-state index contributed by atoms with van der Waals surface area (Å²) in [6.07, 6.45) is 5.15. The number of hydrogen-bond acceptors (Lipinski definition) is 1. The summed E-state index contributed by atoms with van der Waals surface area (Å²) in [6.45, 7) is 6.56. The summed E-state index contributed by atoms with van der Waals surface area (Å²) < 4.78 is 4.89. The molecule has 1 aliphatic heterocycles. The largest absolute Gasteiger partial charge is 0.432 e. The average molecular weight is 109 g/mol. The van der Waals surface area contributed by atoms with Gasteiger partial charge in [-0.15, -0.1) is 0 Å². The molecule has 0 radical (unpaired) electrons. The number of allylic oxidation sites excluding steroid dienone is 1. The van der Waals surface area contributed by atoms with Crippen molar-refractivity contribution in [1.29, 1.82) is 0 Å². The first-order valence-electron chi connectivity index (χ1n) is 2.60. The van der Waals surface area contributed by atoms with Crippen molar-refractivity contribution in [2.45, 2.75) is 19.1 Å². The summed E-state index contributed by atoms with van der Waals surface area (Å²) in [7, 11) is 0. The van der Waals surface area contributed by atoms with E-state index in [9.17, 15) is 0 Å². The number of hydrogen-bond donors (Lipinski definition) is 0. The minimum atomic E-state index is -0.208. The Morgan fingerprint density at radius 3 is 3.00 bits per heavy atom. The van der Waals surface area contributed by atoms with Crippen LogP contribution in [0.5, 0.6) is 0 Å². The fourth-order valence-electron chi connectivity index (χ4n) is 0.616. The average Bonchev–Trinajstić information content (AvgIpc) is 1.90. The van der Waals surface area contributed by atoms with E-state index in [1.807, 2.05) is 6.08 Å². The van der Waals surface area contributed by atoms with Crippen molar-refractivity contribution in [3.63, 3.8) is 0 Å². The van der Waals surface area contributed by atoms with Crippen molar-refractivity contribution in [2.75, 3.05) is 0 Å². The molecule has 2 heteroatoms. The Morgan fingerprint density at radius 1 is 1.75 bits per heavy atom. The van der Waals surface area contributed by atoms with Gasteiger partial charge in [-0.05, 0) is 12.5 Å². The Morgan fingerprint density at radius 2 is 2.62 bits per heavy atom. The lowest BCUT2D eigenvalue weighted by molar-refractivity contribution is 0.163. The quantitative estimate of drug-likeness (QED) is 0.430. The lowest BCUT2D eigenvalue weighted by Gasteiger charge is -2.06. The summed E-state index contributed by atoms with van der Waals surface area (Å²) in [6, 6.07) is 0. The van der Waals surface area contributed by atoms with Gasteiger partial charge in [0.15, 0.2) is 0 Å². The van der Waals surface area contributed by atoms with Crippen LogP contribution in [-0.2, 0) is 4.74 Å². The summed E-state index contributed by atoms with van der Waals surface area (Å²) in [4.78, 5) is 3.22. The first-order valence-corrected chi connectivity index (χ1v) is 2.60. The second-order valence-corrected chi connectivity index (χ2v) is 1.67. The molecule has 0 N–H and O–H groups in total. The first kappa shape index (κ1) is 5.17. The molecule has 42 valence electrons. The van der Waals surface area contributed by atoms with Gasteiger partial charge in [0, 0.05) is 0 Å². The van der Waals surface area contributed by atoms with Gasteiger partial charge in [-0.3, -0.25) is 4.85 Å². The minimum Gasteiger partial charge on any atom is -0.432 e. The molecule has 1 heterocycles. The highest BCUT2D eigenvalue weighted by Gasteiger charge is 2.11. The molecule has 0 spiro atoms. The molecule has 0 amide bonds. The Bertz CT molecular complexity index is 134. The van der Waals surface area contributed by atoms with Gasteiger partial charge in [0.25, 0.3) is 0 Å². The lowest BCUT2D eigenvalue weighted by atomic mass is 10.2. The molecule has 2 nitrogen and oxygen atoms in total. The zero-order valence-electron chi connectivity index (χ0n) is 4.50. The Hall–Kier alpha value is -0.970. The molecule has 8 heavy (non-hydrogen) atoms. The maximum absolute atomic E-state index is 6.56. The van der Waals surface area contributed by atoms with Crippen LogP contribution in [0, 0.1) is 6.57 Å². The molecule has 0 saturated heterocycles. The van der Waals surface area contributed by atoms with Gasteiger partial charge in [0.2, 0.25) is 0 Å². The van der Waals surface area contributed by atoms with E-state index in [1.54, 1.807) is 6.26 Å². The smallest absolute Gasteiger partial charge is 0.366 e. The van der Waals surface area contributed by atoms with Crippen LogP contribution in [0.1, 0.15) is 12.8 Å². The van der Waals surface area contributed by atoms with Gasteiger partial charge in [0.1, 0.15) is 0 Å². The SMILES string of the molecule is [C-]#[N+]C1CCC=CO1. The maximum Gasteiger partial charge on any atom is 0.366 e. The molecule has 1 unspecified atom stereocenters. The molecule has 1 aliphatic rings. The molecule has 0 saturated carbocycles. The number of rotatable bonds is 0. The minimum absolute atomic E-state index is 0.208. The first-order chi connectivity index (χ1) is 3.93. The Balaban J connectivity index is 2.41. The van der Waals surface area contributed by atoms with Crippen LogP contribution in [0.4, 0.5) is 0 Å². The second-order valence-electron chi connectivity index (χ2n) is 1.67. The molecular formula is C6H7NO. The van der Waals surface area contributed by atoms with Gasteiger partial charge < -0.3 is 4.74 Å². The molecule has 0 fully saturated rings. The predicted octanol–water partition coefficient (Wildman–Crippen LogP) is 1.56. The van der Waals surface area contributed by atoms with E-state index in [2.05, 4.69) is 4.85 Å². The van der Waals surface area contributed by atoms with E-state index < -0.39 is 0 Å². The second kappa shape index (κ2) is 2.37. The van der Waals surface area contributed by atoms with Crippen molar-refractivity contribution in [1.82, 2.24) is 0 Å². The molecule has 0 aromatic carbocycles. The Labute approximate surface area is 48.6 Å². The third-order valence-corrected chi connectivity index (χ3v) is 1.06. The van der Waals surface area contributed by atoms with Crippen LogP contribution < -0.4 is 0 Å². The van der Waals surface area contributed by atoms with Gasteiger partial charge in [-0.2, -0.15) is 0 Å². The van der Waals surface area contributed by atoms with Crippen LogP contribution in [-0.4, -0.2) is 6.23 Å². The molecule has 0 aromatic heterocycles. The maximum atomic E-state index is 6.56. The van der Waals surface area contributed by atoms with Crippen molar-refractivity contribution in [3.8, 4) is 0 Å².